The normalized spacial score (nSPS) is 10.0. The second-order valence-electron chi connectivity index (χ2n) is 3.65. The summed E-state index contributed by atoms with van der Waals surface area (Å²) in [4.78, 5) is 15.9. The van der Waals surface area contributed by atoms with Crippen LogP contribution in [0.25, 0.3) is 0 Å². The molecule has 0 saturated heterocycles. The molecule has 0 unspecified atom stereocenters. The zero-order chi connectivity index (χ0) is 12.3. The zero-order valence-corrected chi connectivity index (χ0v) is 10.9. The highest BCUT2D eigenvalue weighted by Crippen LogP contribution is 2.15. The van der Waals surface area contributed by atoms with Crippen molar-refractivity contribution in [2.45, 2.75) is 6.92 Å². The number of carbonyl (C=O) groups is 1. The first kappa shape index (κ1) is 11.8. The summed E-state index contributed by atoms with van der Waals surface area (Å²) in [6, 6.07) is 9.26. The molecule has 1 aromatic heterocycles. The van der Waals surface area contributed by atoms with Gasteiger partial charge in [-0.1, -0.05) is 15.9 Å². The number of pyridine rings is 1. The molecule has 2 aromatic rings. The van der Waals surface area contributed by atoms with Gasteiger partial charge in [0.05, 0.1) is 5.56 Å². The van der Waals surface area contributed by atoms with Gasteiger partial charge in [0.2, 0.25) is 0 Å². The van der Waals surface area contributed by atoms with Crippen LogP contribution < -0.4 is 5.32 Å². The molecule has 0 aliphatic rings. The molecule has 0 spiro atoms. The second-order valence-corrected chi connectivity index (χ2v) is 4.57. The number of anilines is 1. The van der Waals surface area contributed by atoms with Crippen molar-refractivity contribution in [2.75, 3.05) is 5.32 Å². The van der Waals surface area contributed by atoms with E-state index in [1.165, 1.54) is 0 Å². The van der Waals surface area contributed by atoms with Gasteiger partial charge >= 0.3 is 0 Å². The highest BCUT2D eigenvalue weighted by Gasteiger charge is 2.08. The number of rotatable bonds is 2. The summed E-state index contributed by atoms with van der Waals surface area (Å²) in [7, 11) is 0. The predicted octanol–water partition coefficient (Wildman–Crippen LogP) is 3.40. The molecule has 0 aliphatic carbocycles. The predicted molar refractivity (Wildman–Crippen MR) is 71.1 cm³/mol. The molecule has 2 rings (SSSR count). The third-order valence-electron chi connectivity index (χ3n) is 2.39. The van der Waals surface area contributed by atoms with Crippen molar-refractivity contribution >= 4 is 27.5 Å². The van der Waals surface area contributed by atoms with Gasteiger partial charge in [0.25, 0.3) is 5.91 Å². The Morgan fingerprint density at radius 2 is 1.94 bits per heavy atom. The first-order valence-corrected chi connectivity index (χ1v) is 5.93. The van der Waals surface area contributed by atoms with Crippen LogP contribution in [0.2, 0.25) is 0 Å². The van der Waals surface area contributed by atoms with Crippen LogP contribution in [0.4, 0.5) is 5.69 Å². The maximum atomic E-state index is 12.0. The minimum atomic E-state index is -0.141. The molecule has 17 heavy (non-hydrogen) atoms. The van der Waals surface area contributed by atoms with Crippen molar-refractivity contribution in [1.29, 1.82) is 0 Å². The fraction of sp³-hybridized carbons (Fsp3) is 0.0769. The molecule has 0 atom stereocenters. The van der Waals surface area contributed by atoms with E-state index in [-0.39, 0.29) is 5.91 Å². The van der Waals surface area contributed by atoms with E-state index in [1.54, 1.807) is 12.4 Å². The summed E-state index contributed by atoms with van der Waals surface area (Å²) in [5.74, 6) is -0.141. The van der Waals surface area contributed by atoms with Crippen LogP contribution in [0.15, 0.2) is 47.2 Å². The fourth-order valence-electron chi connectivity index (χ4n) is 1.43. The number of amides is 1. The fourth-order valence-corrected chi connectivity index (χ4v) is 1.70. The molecule has 3 nitrogen and oxygen atoms in total. The van der Waals surface area contributed by atoms with Gasteiger partial charge in [-0.2, -0.15) is 0 Å². The SMILES string of the molecule is Cc1ccncc1C(=O)Nc1ccc(Br)cc1. The summed E-state index contributed by atoms with van der Waals surface area (Å²) < 4.78 is 0.980. The van der Waals surface area contributed by atoms with E-state index in [9.17, 15) is 4.79 Å². The Morgan fingerprint density at radius 1 is 1.24 bits per heavy atom. The minimum absolute atomic E-state index is 0.141. The van der Waals surface area contributed by atoms with Gasteiger partial charge in [-0.15, -0.1) is 0 Å². The molecule has 0 aliphatic heterocycles. The highest BCUT2D eigenvalue weighted by atomic mass is 79.9. The van der Waals surface area contributed by atoms with Crippen molar-refractivity contribution in [3.63, 3.8) is 0 Å². The topological polar surface area (TPSA) is 42.0 Å². The van der Waals surface area contributed by atoms with Gasteiger partial charge in [0, 0.05) is 22.6 Å². The van der Waals surface area contributed by atoms with Gasteiger partial charge in [-0.05, 0) is 42.8 Å². The summed E-state index contributed by atoms with van der Waals surface area (Å²) in [5.41, 5.74) is 2.27. The Kier molecular flexibility index (Phi) is 3.54. The third kappa shape index (κ3) is 2.91. The van der Waals surface area contributed by atoms with Crippen LogP contribution in [0.3, 0.4) is 0 Å². The smallest absolute Gasteiger partial charge is 0.257 e. The number of aryl methyl sites for hydroxylation is 1. The maximum Gasteiger partial charge on any atom is 0.257 e. The quantitative estimate of drug-likeness (QED) is 0.921. The third-order valence-corrected chi connectivity index (χ3v) is 2.91. The molecular formula is C13H11BrN2O. The van der Waals surface area contributed by atoms with Gasteiger partial charge in [-0.25, -0.2) is 0 Å². The number of nitrogens with zero attached hydrogens (tertiary/aromatic N) is 1. The number of hydrogen-bond donors (Lipinski definition) is 1. The van der Waals surface area contributed by atoms with Gasteiger partial charge in [-0.3, -0.25) is 9.78 Å². The molecule has 1 aromatic carbocycles. The van der Waals surface area contributed by atoms with Crippen molar-refractivity contribution in [1.82, 2.24) is 4.98 Å². The lowest BCUT2D eigenvalue weighted by atomic mass is 10.1. The van der Waals surface area contributed by atoms with E-state index in [1.807, 2.05) is 37.3 Å². The molecule has 0 saturated carbocycles. The Hall–Kier alpha value is -1.68. The molecular weight excluding hydrogens is 280 g/mol. The average Bonchev–Trinajstić information content (AvgIpc) is 2.32. The molecule has 0 fully saturated rings. The summed E-state index contributed by atoms with van der Waals surface area (Å²) in [6.07, 6.45) is 3.25. The Morgan fingerprint density at radius 3 is 2.59 bits per heavy atom. The summed E-state index contributed by atoms with van der Waals surface area (Å²) in [5, 5.41) is 2.83. The maximum absolute atomic E-state index is 12.0. The molecule has 86 valence electrons. The largest absolute Gasteiger partial charge is 0.322 e. The van der Waals surface area contributed by atoms with E-state index in [0.29, 0.717) is 5.56 Å². The van der Waals surface area contributed by atoms with Gasteiger partial charge in [0.1, 0.15) is 0 Å². The van der Waals surface area contributed by atoms with Crippen molar-refractivity contribution in [3.8, 4) is 0 Å². The van der Waals surface area contributed by atoms with Crippen LogP contribution in [0, 0.1) is 6.92 Å². The Bertz CT molecular complexity index is 537. The number of hydrogen-bond acceptors (Lipinski definition) is 2. The van der Waals surface area contributed by atoms with Crippen molar-refractivity contribution in [3.05, 3.63) is 58.3 Å². The van der Waals surface area contributed by atoms with Crippen LogP contribution in [0.1, 0.15) is 15.9 Å². The number of aromatic nitrogens is 1. The van der Waals surface area contributed by atoms with E-state index >= 15 is 0 Å². The number of nitrogens with one attached hydrogen (secondary N) is 1. The van der Waals surface area contributed by atoms with Gasteiger partial charge < -0.3 is 5.32 Å². The first-order chi connectivity index (χ1) is 8.16. The molecule has 0 radical (unpaired) electrons. The van der Waals surface area contributed by atoms with E-state index < -0.39 is 0 Å². The van der Waals surface area contributed by atoms with E-state index in [4.69, 9.17) is 0 Å². The van der Waals surface area contributed by atoms with Gasteiger partial charge in [0.15, 0.2) is 0 Å². The zero-order valence-electron chi connectivity index (χ0n) is 9.27. The highest BCUT2D eigenvalue weighted by molar-refractivity contribution is 9.10. The lowest BCUT2D eigenvalue weighted by Crippen LogP contribution is -2.13. The monoisotopic (exact) mass is 290 g/mol. The minimum Gasteiger partial charge on any atom is -0.322 e. The van der Waals surface area contributed by atoms with Crippen LogP contribution in [0.5, 0.6) is 0 Å². The second kappa shape index (κ2) is 5.10. The number of carbonyl (C=O) groups excluding carboxylic acids is 1. The molecule has 1 N–H and O–H groups in total. The average molecular weight is 291 g/mol. The molecule has 4 heteroatoms. The van der Waals surface area contributed by atoms with Crippen LogP contribution in [-0.4, -0.2) is 10.9 Å². The van der Waals surface area contributed by atoms with Crippen LogP contribution >= 0.6 is 15.9 Å². The van der Waals surface area contributed by atoms with Crippen molar-refractivity contribution < 1.29 is 4.79 Å². The molecule has 0 bridgehead atoms. The standard InChI is InChI=1S/C13H11BrN2O/c1-9-6-7-15-8-12(9)13(17)16-11-4-2-10(14)3-5-11/h2-8H,1H3,(H,16,17). The van der Waals surface area contributed by atoms with Crippen molar-refractivity contribution in [2.24, 2.45) is 0 Å². The Labute approximate surface area is 108 Å². The first-order valence-electron chi connectivity index (χ1n) is 5.14. The summed E-state index contributed by atoms with van der Waals surface area (Å²) >= 11 is 3.35. The van der Waals surface area contributed by atoms with Crippen LogP contribution in [-0.2, 0) is 0 Å². The van der Waals surface area contributed by atoms with E-state index in [2.05, 4.69) is 26.2 Å². The lowest BCUT2D eigenvalue weighted by Gasteiger charge is -2.06. The number of halogens is 1. The summed E-state index contributed by atoms with van der Waals surface area (Å²) in [6.45, 7) is 1.89. The Balaban J connectivity index is 2.17. The molecule has 1 heterocycles. The molecule has 1 amide bonds. The lowest BCUT2D eigenvalue weighted by molar-refractivity contribution is 0.102. The number of benzene rings is 1. The van der Waals surface area contributed by atoms with E-state index in [0.717, 1.165) is 15.7 Å².